The summed E-state index contributed by atoms with van der Waals surface area (Å²) in [7, 11) is 0. The summed E-state index contributed by atoms with van der Waals surface area (Å²) in [6.45, 7) is 15.7. The predicted octanol–water partition coefficient (Wildman–Crippen LogP) is 8.57. The molecule has 0 fully saturated rings. The minimum Gasteiger partial charge on any atom is -0.356 e. The molecule has 2 aromatic carbocycles. The minimum atomic E-state index is -0.190. The largest absolute Gasteiger partial charge is 0.356 e. The van der Waals surface area contributed by atoms with Crippen molar-refractivity contribution >= 4 is 17.5 Å². The van der Waals surface area contributed by atoms with Gasteiger partial charge in [0.15, 0.2) is 0 Å². The summed E-state index contributed by atoms with van der Waals surface area (Å²) < 4.78 is 0. The average molecular weight is 478 g/mol. The van der Waals surface area contributed by atoms with Crippen molar-refractivity contribution in [3.8, 4) is 0 Å². The second-order valence-electron chi connectivity index (χ2n) is 6.61. The van der Waals surface area contributed by atoms with Crippen LogP contribution in [-0.2, 0) is 14.4 Å². The van der Waals surface area contributed by atoms with Crippen LogP contribution in [0.15, 0.2) is 72.8 Å². The molecule has 0 heterocycles. The SMILES string of the molecule is C.C.CCC.CCC.CCC(C)=O.CCNC(=O)CC(C)=O.c1ccccc1.c1ccccc1. The fourth-order valence-corrected chi connectivity index (χ4v) is 1.26. The first kappa shape index (κ1) is 44.9. The van der Waals surface area contributed by atoms with Gasteiger partial charge in [0.25, 0.3) is 0 Å². The van der Waals surface area contributed by atoms with Crippen LogP contribution in [0, 0.1) is 0 Å². The molecule has 4 heteroatoms. The molecule has 0 saturated carbocycles. The van der Waals surface area contributed by atoms with Crippen LogP contribution >= 0.6 is 0 Å². The summed E-state index contributed by atoms with van der Waals surface area (Å²) >= 11 is 0. The zero-order valence-electron chi connectivity index (χ0n) is 21.7. The maximum atomic E-state index is 10.5. The summed E-state index contributed by atoms with van der Waals surface area (Å²) in [4.78, 5) is 30.6. The van der Waals surface area contributed by atoms with Crippen molar-refractivity contribution in [2.75, 3.05) is 6.54 Å². The molecule has 0 spiro atoms. The fraction of sp³-hybridized carbons (Fsp3) is 0.500. The van der Waals surface area contributed by atoms with Gasteiger partial charge in [0, 0.05) is 13.0 Å². The van der Waals surface area contributed by atoms with E-state index in [2.05, 4.69) is 33.0 Å². The van der Waals surface area contributed by atoms with E-state index >= 15 is 0 Å². The fourth-order valence-electron chi connectivity index (χ4n) is 1.26. The number of ketones is 2. The van der Waals surface area contributed by atoms with Crippen molar-refractivity contribution in [3.05, 3.63) is 72.8 Å². The zero-order valence-corrected chi connectivity index (χ0v) is 21.7. The zero-order chi connectivity index (χ0) is 25.5. The van der Waals surface area contributed by atoms with Gasteiger partial charge in [0.1, 0.15) is 11.6 Å². The Hall–Kier alpha value is -2.75. The van der Waals surface area contributed by atoms with Crippen LogP contribution in [0.5, 0.6) is 0 Å². The van der Waals surface area contributed by atoms with Crippen molar-refractivity contribution < 1.29 is 14.4 Å². The molecule has 0 bridgehead atoms. The van der Waals surface area contributed by atoms with Crippen LogP contribution in [0.25, 0.3) is 0 Å². The molecular weight excluding hydrogens is 422 g/mol. The van der Waals surface area contributed by atoms with E-state index in [1.165, 1.54) is 19.8 Å². The van der Waals surface area contributed by atoms with E-state index in [-0.39, 0.29) is 38.7 Å². The Bertz CT molecular complexity index is 512. The van der Waals surface area contributed by atoms with Crippen molar-refractivity contribution in [1.29, 1.82) is 0 Å². The lowest BCUT2D eigenvalue weighted by Crippen LogP contribution is -2.24. The molecule has 0 saturated heterocycles. The molecule has 198 valence electrons. The van der Waals surface area contributed by atoms with E-state index in [1.54, 1.807) is 6.92 Å². The van der Waals surface area contributed by atoms with Gasteiger partial charge < -0.3 is 10.1 Å². The number of amides is 1. The molecule has 34 heavy (non-hydrogen) atoms. The van der Waals surface area contributed by atoms with Crippen molar-refractivity contribution in [2.24, 2.45) is 0 Å². The average Bonchev–Trinajstić information content (AvgIpc) is 2.78. The number of nitrogens with one attached hydrogen (secondary N) is 1. The highest BCUT2D eigenvalue weighted by Gasteiger charge is 2.00. The summed E-state index contributed by atoms with van der Waals surface area (Å²) in [5.74, 6) is -0.0315. The Morgan fingerprint density at radius 3 is 0.853 bits per heavy atom. The molecule has 0 unspecified atom stereocenters. The Morgan fingerprint density at radius 2 is 0.735 bits per heavy atom. The summed E-state index contributed by atoms with van der Waals surface area (Å²) in [6, 6.07) is 24.0. The third kappa shape index (κ3) is 70.1. The third-order valence-electron chi connectivity index (χ3n) is 2.61. The summed E-state index contributed by atoms with van der Waals surface area (Å²) in [5, 5.41) is 2.52. The Balaban J connectivity index is -0.0000000711. The molecule has 0 radical (unpaired) electrons. The highest BCUT2D eigenvalue weighted by molar-refractivity contribution is 5.96. The third-order valence-corrected chi connectivity index (χ3v) is 2.61. The number of carbonyl (C=O) groups excluding carboxylic acids is 3. The van der Waals surface area contributed by atoms with Crippen LogP contribution < -0.4 is 5.32 Å². The van der Waals surface area contributed by atoms with Gasteiger partial charge in [0.2, 0.25) is 5.91 Å². The van der Waals surface area contributed by atoms with Gasteiger partial charge in [-0.25, -0.2) is 0 Å². The van der Waals surface area contributed by atoms with E-state index in [0.29, 0.717) is 13.0 Å². The highest BCUT2D eigenvalue weighted by atomic mass is 16.2. The maximum Gasteiger partial charge on any atom is 0.227 e. The van der Waals surface area contributed by atoms with Crippen LogP contribution in [-0.4, -0.2) is 24.0 Å². The van der Waals surface area contributed by atoms with Crippen LogP contribution in [0.3, 0.4) is 0 Å². The van der Waals surface area contributed by atoms with Gasteiger partial charge in [-0.2, -0.15) is 0 Å². The van der Waals surface area contributed by atoms with E-state index in [4.69, 9.17) is 0 Å². The Kier molecular flexibility index (Phi) is 58.1. The molecule has 0 aliphatic rings. The normalized spacial score (nSPS) is 7.29. The quantitative estimate of drug-likeness (QED) is 0.448. The van der Waals surface area contributed by atoms with Gasteiger partial charge in [0.05, 0.1) is 6.42 Å². The topological polar surface area (TPSA) is 63.2 Å². The molecule has 1 amide bonds. The van der Waals surface area contributed by atoms with Gasteiger partial charge in [-0.1, -0.05) is 135 Å². The lowest BCUT2D eigenvalue weighted by atomic mass is 10.3. The van der Waals surface area contributed by atoms with Crippen molar-refractivity contribution in [2.45, 2.75) is 95.9 Å². The predicted molar refractivity (Wildman–Crippen MR) is 153 cm³/mol. The monoisotopic (exact) mass is 477 g/mol. The van der Waals surface area contributed by atoms with E-state index in [9.17, 15) is 14.4 Å². The Morgan fingerprint density at radius 1 is 0.529 bits per heavy atom. The van der Waals surface area contributed by atoms with Gasteiger partial charge in [-0.3, -0.25) is 9.59 Å². The smallest absolute Gasteiger partial charge is 0.227 e. The molecule has 0 atom stereocenters. The van der Waals surface area contributed by atoms with Crippen LogP contribution in [0.4, 0.5) is 0 Å². The second kappa shape index (κ2) is 44.0. The number of hydrogen-bond donors (Lipinski definition) is 1. The lowest BCUT2D eigenvalue weighted by molar-refractivity contribution is -0.127. The van der Waals surface area contributed by atoms with Crippen molar-refractivity contribution in [1.82, 2.24) is 5.32 Å². The van der Waals surface area contributed by atoms with Crippen LogP contribution in [0.1, 0.15) is 95.9 Å². The molecule has 1 N–H and O–H groups in total. The number of hydrogen-bond acceptors (Lipinski definition) is 3. The number of Topliss-reactive ketones (excluding diaryl/α,β-unsaturated/α-hetero) is 2. The van der Waals surface area contributed by atoms with E-state index < -0.39 is 0 Å². The molecule has 0 aliphatic carbocycles. The standard InChI is InChI=1S/C6H11NO2.2C6H6.C4H8O.2C3H8.2CH4/c1-3-7-6(9)4-5(2)8;2*1-2-4-6-5-3-1;1-3-4(2)5;2*1-3-2;;/h3-4H2,1-2H3,(H,7,9);2*1-6H;3H2,1-2H3;2*3H2,1-2H3;2*1H4. The Labute approximate surface area is 212 Å². The first-order valence-corrected chi connectivity index (χ1v) is 11.5. The van der Waals surface area contributed by atoms with Crippen molar-refractivity contribution in [3.63, 3.8) is 0 Å². The summed E-state index contributed by atoms with van der Waals surface area (Å²) in [6.07, 6.45) is 3.17. The highest BCUT2D eigenvalue weighted by Crippen LogP contribution is 1.81. The molecule has 4 nitrogen and oxygen atoms in total. The van der Waals surface area contributed by atoms with Gasteiger partial charge in [-0.05, 0) is 20.8 Å². The molecular formula is C30H55NO3. The van der Waals surface area contributed by atoms with Gasteiger partial charge in [-0.15, -0.1) is 0 Å². The first-order valence-electron chi connectivity index (χ1n) is 11.5. The van der Waals surface area contributed by atoms with E-state index in [1.807, 2.05) is 86.6 Å². The molecule has 0 aromatic heterocycles. The van der Waals surface area contributed by atoms with E-state index in [0.717, 1.165) is 0 Å². The number of rotatable bonds is 4. The number of benzene rings is 2. The lowest BCUT2D eigenvalue weighted by Gasteiger charge is -1.96. The molecule has 2 aromatic rings. The summed E-state index contributed by atoms with van der Waals surface area (Å²) in [5.41, 5.74) is 0. The maximum absolute atomic E-state index is 10.5. The van der Waals surface area contributed by atoms with Crippen LogP contribution in [0.2, 0.25) is 0 Å². The second-order valence-corrected chi connectivity index (χ2v) is 6.61. The molecule has 0 aliphatic heterocycles. The molecule has 2 rings (SSSR count). The van der Waals surface area contributed by atoms with Gasteiger partial charge >= 0.3 is 0 Å². The minimum absolute atomic E-state index is 0. The number of carbonyl (C=O) groups is 3. The first-order chi connectivity index (χ1) is 15.3.